The number of aryl methyl sites for hydroxylation is 1. The summed E-state index contributed by atoms with van der Waals surface area (Å²) in [5.74, 6) is 1.41. The van der Waals surface area contributed by atoms with Crippen LogP contribution >= 0.6 is 11.8 Å². The lowest BCUT2D eigenvalue weighted by atomic mass is 10.0. The molecule has 2 aliphatic rings. The fourth-order valence-electron chi connectivity index (χ4n) is 5.29. The van der Waals surface area contributed by atoms with Crippen molar-refractivity contribution < 1.29 is 29.0 Å². The minimum Gasteiger partial charge on any atom is -0.457 e. The normalized spacial score (nSPS) is 19.9. The summed E-state index contributed by atoms with van der Waals surface area (Å²) in [5, 5.41) is 12.1. The van der Waals surface area contributed by atoms with Gasteiger partial charge >= 0.3 is 0 Å². The lowest BCUT2D eigenvalue weighted by Crippen LogP contribution is -2.58. The van der Waals surface area contributed by atoms with Gasteiger partial charge in [-0.1, -0.05) is 24.3 Å². The molecule has 5 rings (SSSR count). The molecule has 0 spiro atoms. The minimum absolute atomic E-state index is 0.0891. The lowest BCUT2D eigenvalue weighted by Gasteiger charge is -2.39. The highest BCUT2D eigenvalue weighted by atomic mass is 32.2. The molecule has 9 nitrogen and oxygen atoms in total. The maximum absolute atomic E-state index is 13.4. The average molecular weight is 604 g/mol. The zero-order chi connectivity index (χ0) is 30.2. The summed E-state index contributed by atoms with van der Waals surface area (Å²) in [6.45, 7) is 1.08. The number of ether oxygens (including phenoxy) is 2. The molecule has 2 atom stereocenters. The Bertz CT molecular complexity index is 1430. The summed E-state index contributed by atoms with van der Waals surface area (Å²) in [7, 11) is 1.62. The number of hydrogen-bond donors (Lipinski definition) is 2. The number of aliphatic hydroxyl groups is 1. The Labute approximate surface area is 256 Å². The van der Waals surface area contributed by atoms with Crippen molar-refractivity contribution in [3.63, 3.8) is 0 Å². The highest BCUT2D eigenvalue weighted by Crippen LogP contribution is 2.26. The van der Waals surface area contributed by atoms with Crippen molar-refractivity contribution in [2.24, 2.45) is 0 Å². The first kappa shape index (κ1) is 30.6. The molecule has 0 unspecified atom stereocenters. The zero-order valence-corrected chi connectivity index (χ0v) is 25.1. The molecule has 0 aliphatic carbocycles. The number of nitrogens with zero attached hydrogens (tertiary/aromatic N) is 2. The molecule has 2 N–H and O–H groups in total. The number of nitrogens with one attached hydrogen (secondary N) is 1. The molecule has 0 saturated carbocycles. The van der Waals surface area contributed by atoms with Crippen LogP contribution in [0.3, 0.4) is 0 Å². The van der Waals surface area contributed by atoms with Crippen molar-refractivity contribution in [1.29, 1.82) is 0 Å². The summed E-state index contributed by atoms with van der Waals surface area (Å²) in [6.07, 6.45) is 1.00. The van der Waals surface area contributed by atoms with Crippen LogP contribution in [0.2, 0.25) is 0 Å². The molecular formula is C33H37N3O6S. The van der Waals surface area contributed by atoms with Gasteiger partial charge < -0.3 is 29.7 Å². The second-order valence-electron chi connectivity index (χ2n) is 10.8. The number of likely N-dealkylation sites (N-methyl/N-ethyl adjacent to an activating group) is 1. The quantitative estimate of drug-likeness (QED) is 0.436. The summed E-state index contributed by atoms with van der Waals surface area (Å²) in [5.41, 5.74) is 2.46. The fraction of sp³-hybridized carbons (Fsp3) is 0.364. The van der Waals surface area contributed by atoms with Gasteiger partial charge in [-0.15, -0.1) is 11.8 Å². The second kappa shape index (κ2) is 14.5. The van der Waals surface area contributed by atoms with E-state index in [1.807, 2.05) is 60.7 Å². The minimum atomic E-state index is -0.453. The number of carbonyl (C=O) groups is 3. The Morgan fingerprint density at radius 3 is 2.47 bits per heavy atom. The molecule has 0 radical (unpaired) electrons. The van der Waals surface area contributed by atoms with Crippen LogP contribution in [0.15, 0.2) is 77.7 Å². The number of likely N-dealkylation sites (tertiary alicyclic amines) is 1. The topological polar surface area (TPSA) is 108 Å². The predicted octanol–water partition coefficient (Wildman–Crippen LogP) is 3.88. The van der Waals surface area contributed by atoms with Crippen molar-refractivity contribution in [3.05, 3.63) is 89.5 Å². The number of carbonyl (C=O) groups excluding carboxylic acids is 3. The third-order valence-corrected chi connectivity index (χ3v) is 8.57. The van der Waals surface area contributed by atoms with E-state index in [1.165, 1.54) is 16.7 Å². The van der Waals surface area contributed by atoms with E-state index in [9.17, 15) is 14.4 Å². The Balaban J connectivity index is 1.33. The second-order valence-corrected chi connectivity index (χ2v) is 12.0. The van der Waals surface area contributed by atoms with Gasteiger partial charge in [-0.2, -0.15) is 0 Å². The van der Waals surface area contributed by atoms with Gasteiger partial charge in [0.2, 0.25) is 11.8 Å². The third kappa shape index (κ3) is 8.37. The molecule has 10 heteroatoms. The van der Waals surface area contributed by atoms with Crippen molar-refractivity contribution in [1.82, 2.24) is 15.1 Å². The van der Waals surface area contributed by atoms with Crippen LogP contribution in [0.25, 0.3) is 0 Å². The van der Waals surface area contributed by atoms with Crippen molar-refractivity contribution in [3.8, 4) is 11.5 Å². The van der Waals surface area contributed by atoms with Gasteiger partial charge in [0, 0.05) is 42.8 Å². The summed E-state index contributed by atoms with van der Waals surface area (Å²) >= 11 is 1.53. The summed E-state index contributed by atoms with van der Waals surface area (Å²) in [4.78, 5) is 43.6. The molecule has 1 saturated heterocycles. The van der Waals surface area contributed by atoms with E-state index in [1.54, 1.807) is 24.1 Å². The van der Waals surface area contributed by atoms with Gasteiger partial charge in [0.15, 0.2) is 0 Å². The van der Waals surface area contributed by atoms with Crippen LogP contribution in [0, 0.1) is 0 Å². The van der Waals surface area contributed by atoms with Crippen LogP contribution in [-0.4, -0.2) is 83.8 Å². The van der Waals surface area contributed by atoms with E-state index in [0.717, 1.165) is 16.0 Å². The molecule has 1 fully saturated rings. The number of amides is 3. The molecule has 3 aromatic rings. The SMILES string of the molecule is CN1CC(=O)N[C@H]2CN(C(=O)c3ccc(SCCO)cc3)CC[C@H]2OCc2cccc(c2)Oc2cccc(c2)CCC1=O. The van der Waals surface area contributed by atoms with E-state index in [2.05, 4.69) is 5.32 Å². The molecule has 2 aliphatic heterocycles. The van der Waals surface area contributed by atoms with Gasteiger partial charge in [-0.25, -0.2) is 0 Å². The highest BCUT2D eigenvalue weighted by Gasteiger charge is 2.34. The molecule has 43 heavy (non-hydrogen) atoms. The standard InChI is InChI=1S/C33H37N3O6S/c1-35-21-31(38)34-29-20-36(33(40)25-9-11-28(12-10-25)43-17-16-37)15-14-30(29)41-22-24-5-3-7-27(19-24)42-26-6-2-4-23(18-26)8-13-32(35)39/h2-7,9-12,18-19,29-30,37H,8,13-17,20-22H2,1H3,(H,34,38)/t29-,30+/m0/s1. The molecule has 3 aromatic carbocycles. The first-order valence-electron chi connectivity index (χ1n) is 14.5. The van der Waals surface area contributed by atoms with Crippen LogP contribution in [0.1, 0.15) is 34.3 Å². The number of benzene rings is 3. The van der Waals surface area contributed by atoms with Gasteiger partial charge in [0.25, 0.3) is 5.91 Å². The smallest absolute Gasteiger partial charge is 0.253 e. The molecule has 2 heterocycles. The van der Waals surface area contributed by atoms with Gasteiger partial charge in [-0.05, 0) is 72.5 Å². The van der Waals surface area contributed by atoms with Crippen LogP contribution in [-0.2, 0) is 27.4 Å². The van der Waals surface area contributed by atoms with Crippen molar-refractivity contribution in [2.75, 3.05) is 39.0 Å². The zero-order valence-electron chi connectivity index (χ0n) is 24.2. The van der Waals surface area contributed by atoms with Crippen LogP contribution in [0.4, 0.5) is 0 Å². The van der Waals surface area contributed by atoms with E-state index in [4.69, 9.17) is 14.6 Å². The first-order chi connectivity index (χ1) is 20.9. The third-order valence-electron chi connectivity index (χ3n) is 7.58. The molecule has 226 valence electrons. The van der Waals surface area contributed by atoms with E-state index < -0.39 is 6.04 Å². The molecule has 3 amide bonds. The molecule has 4 bridgehead atoms. The molecule has 0 aromatic heterocycles. The Kier molecular flexibility index (Phi) is 10.3. The van der Waals surface area contributed by atoms with E-state index in [0.29, 0.717) is 48.8 Å². The van der Waals surface area contributed by atoms with Crippen LogP contribution in [0.5, 0.6) is 11.5 Å². The number of rotatable bonds is 4. The van der Waals surface area contributed by atoms with E-state index in [-0.39, 0.29) is 49.9 Å². The maximum atomic E-state index is 13.4. The summed E-state index contributed by atoms with van der Waals surface area (Å²) in [6, 6.07) is 22.3. The lowest BCUT2D eigenvalue weighted by molar-refractivity contribution is -0.135. The molecular weight excluding hydrogens is 566 g/mol. The number of piperidine rings is 1. The van der Waals surface area contributed by atoms with Crippen molar-refractivity contribution >= 4 is 29.5 Å². The van der Waals surface area contributed by atoms with Gasteiger partial charge in [0.1, 0.15) is 11.5 Å². The summed E-state index contributed by atoms with van der Waals surface area (Å²) < 4.78 is 12.5. The number of hydrogen-bond acceptors (Lipinski definition) is 7. The average Bonchev–Trinajstić information content (AvgIpc) is 3.01. The van der Waals surface area contributed by atoms with Gasteiger partial charge in [-0.3, -0.25) is 14.4 Å². The van der Waals surface area contributed by atoms with Crippen molar-refractivity contribution in [2.45, 2.75) is 42.9 Å². The Morgan fingerprint density at radius 1 is 1.00 bits per heavy atom. The van der Waals surface area contributed by atoms with Crippen LogP contribution < -0.4 is 10.1 Å². The highest BCUT2D eigenvalue weighted by molar-refractivity contribution is 7.99. The number of aliphatic hydroxyl groups excluding tert-OH is 1. The largest absolute Gasteiger partial charge is 0.457 e. The maximum Gasteiger partial charge on any atom is 0.253 e. The Morgan fingerprint density at radius 2 is 1.72 bits per heavy atom. The number of fused-ring (bicyclic) bond motifs is 5. The first-order valence-corrected chi connectivity index (χ1v) is 15.5. The predicted molar refractivity (Wildman–Crippen MR) is 164 cm³/mol. The fourth-order valence-corrected chi connectivity index (χ4v) is 5.95. The Hall–Kier alpha value is -3.86. The van der Waals surface area contributed by atoms with Gasteiger partial charge in [0.05, 0.1) is 31.9 Å². The number of thioether (sulfide) groups is 1. The van der Waals surface area contributed by atoms with E-state index >= 15 is 0 Å². The monoisotopic (exact) mass is 603 g/mol.